The van der Waals surface area contributed by atoms with Gasteiger partial charge in [-0.3, -0.25) is 0 Å². The summed E-state index contributed by atoms with van der Waals surface area (Å²) in [5, 5.41) is 0. The van der Waals surface area contributed by atoms with E-state index in [4.69, 9.17) is 10.5 Å². The molecule has 2 N–H and O–H groups in total. The van der Waals surface area contributed by atoms with Gasteiger partial charge in [-0.1, -0.05) is 36.6 Å². The maximum Gasteiger partial charge on any atom is 0.0659 e. The summed E-state index contributed by atoms with van der Waals surface area (Å²) in [5.41, 5.74) is 9.91. The molecule has 0 radical (unpaired) electrons. The van der Waals surface area contributed by atoms with Crippen LogP contribution in [0.4, 0.5) is 0 Å². The third-order valence-electron chi connectivity index (χ3n) is 3.50. The molecule has 0 saturated heterocycles. The van der Waals surface area contributed by atoms with Gasteiger partial charge in [-0.15, -0.1) is 0 Å². The van der Waals surface area contributed by atoms with Gasteiger partial charge in [0.1, 0.15) is 0 Å². The fourth-order valence-corrected chi connectivity index (χ4v) is 2.12. The second kappa shape index (κ2) is 5.65. The third-order valence-corrected chi connectivity index (χ3v) is 3.50. The molecule has 1 saturated carbocycles. The maximum absolute atomic E-state index is 6.17. The molecule has 0 aromatic heterocycles. The molecule has 1 atom stereocenters. The average molecular weight is 233 g/mol. The monoisotopic (exact) mass is 233 g/mol. The standard InChI is InChI=1S/C15H23NO/c1-11-3-4-12(2)14(9-11)15(16)10-17-8-7-13-5-6-13/h3-4,9,13,15H,5-8,10,16H2,1-2H3. The summed E-state index contributed by atoms with van der Waals surface area (Å²) < 4.78 is 5.67. The number of hydrogen-bond donors (Lipinski definition) is 1. The van der Waals surface area contributed by atoms with Crippen molar-refractivity contribution in [3.05, 3.63) is 34.9 Å². The van der Waals surface area contributed by atoms with Crippen LogP contribution in [0.15, 0.2) is 18.2 Å². The van der Waals surface area contributed by atoms with Crippen LogP contribution in [0, 0.1) is 19.8 Å². The van der Waals surface area contributed by atoms with E-state index in [2.05, 4.69) is 32.0 Å². The van der Waals surface area contributed by atoms with Crippen LogP contribution in [0.25, 0.3) is 0 Å². The fraction of sp³-hybridized carbons (Fsp3) is 0.600. The summed E-state index contributed by atoms with van der Waals surface area (Å²) in [7, 11) is 0. The first kappa shape index (κ1) is 12.6. The van der Waals surface area contributed by atoms with Crippen molar-refractivity contribution in [1.82, 2.24) is 0 Å². The normalized spacial score (nSPS) is 17.1. The molecule has 1 aliphatic carbocycles. The Morgan fingerprint density at radius 3 is 2.82 bits per heavy atom. The highest BCUT2D eigenvalue weighted by atomic mass is 16.5. The van der Waals surface area contributed by atoms with E-state index in [1.54, 1.807) is 0 Å². The maximum atomic E-state index is 6.17. The average Bonchev–Trinajstić information content (AvgIpc) is 3.11. The molecule has 0 aliphatic heterocycles. The Bertz CT molecular complexity index is 371. The first-order chi connectivity index (χ1) is 8.16. The Morgan fingerprint density at radius 1 is 1.35 bits per heavy atom. The lowest BCUT2D eigenvalue weighted by molar-refractivity contribution is 0.115. The van der Waals surface area contributed by atoms with Gasteiger partial charge >= 0.3 is 0 Å². The second-order valence-corrected chi connectivity index (χ2v) is 5.27. The second-order valence-electron chi connectivity index (χ2n) is 5.27. The van der Waals surface area contributed by atoms with Crippen molar-refractivity contribution in [2.75, 3.05) is 13.2 Å². The smallest absolute Gasteiger partial charge is 0.0659 e. The predicted molar refractivity (Wildman–Crippen MR) is 71.0 cm³/mol. The Hall–Kier alpha value is -0.860. The molecular weight excluding hydrogens is 210 g/mol. The van der Waals surface area contributed by atoms with Gasteiger partial charge < -0.3 is 10.5 Å². The highest BCUT2D eigenvalue weighted by molar-refractivity contribution is 5.32. The summed E-state index contributed by atoms with van der Waals surface area (Å²) in [6.45, 7) is 5.71. The Morgan fingerprint density at radius 2 is 2.12 bits per heavy atom. The molecule has 94 valence electrons. The van der Waals surface area contributed by atoms with E-state index in [1.807, 2.05) is 0 Å². The van der Waals surface area contributed by atoms with Gasteiger partial charge in [-0.2, -0.15) is 0 Å². The quantitative estimate of drug-likeness (QED) is 0.766. The van der Waals surface area contributed by atoms with Crippen LogP contribution in [0.5, 0.6) is 0 Å². The minimum absolute atomic E-state index is 0.00843. The molecule has 2 rings (SSSR count). The van der Waals surface area contributed by atoms with E-state index in [9.17, 15) is 0 Å². The Labute approximate surface area is 104 Å². The van der Waals surface area contributed by atoms with Gasteiger partial charge in [-0.05, 0) is 37.3 Å². The van der Waals surface area contributed by atoms with E-state index in [-0.39, 0.29) is 6.04 Å². The minimum Gasteiger partial charge on any atom is -0.379 e. The summed E-state index contributed by atoms with van der Waals surface area (Å²) in [5.74, 6) is 0.937. The van der Waals surface area contributed by atoms with Crippen molar-refractivity contribution in [1.29, 1.82) is 0 Å². The van der Waals surface area contributed by atoms with Crippen molar-refractivity contribution in [2.24, 2.45) is 11.7 Å². The van der Waals surface area contributed by atoms with E-state index in [0.717, 1.165) is 12.5 Å². The van der Waals surface area contributed by atoms with Crippen LogP contribution in [0.2, 0.25) is 0 Å². The number of nitrogens with two attached hydrogens (primary N) is 1. The largest absolute Gasteiger partial charge is 0.379 e. The molecule has 2 nitrogen and oxygen atoms in total. The van der Waals surface area contributed by atoms with Crippen molar-refractivity contribution in [3.63, 3.8) is 0 Å². The van der Waals surface area contributed by atoms with Crippen LogP contribution in [-0.4, -0.2) is 13.2 Å². The molecule has 1 aromatic rings. The lowest BCUT2D eigenvalue weighted by Crippen LogP contribution is -2.18. The molecule has 0 amide bonds. The zero-order valence-electron chi connectivity index (χ0n) is 10.9. The number of rotatable bonds is 6. The topological polar surface area (TPSA) is 35.2 Å². The lowest BCUT2D eigenvalue weighted by Gasteiger charge is -2.15. The summed E-state index contributed by atoms with van der Waals surface area (Å²) in [6.07, 6.45) is 4.00. The lowest BCUT2D eigenvalue weighted by atomic mass is 10.00. The highest BCUT2D eigenvalue weighted by Gasteiger charge is 2.20. The van der Waals surface area contributed by atoms with Crippen LogP contribution in [0.1, 0.15) is 42.0 Å². The molecule has 1 aromatic carbocycles. The van der Waals surface area contributed by atoms with Crippen LogP contribution in [-0.2, 0) is 4.74 Å². The van der Waals surface area contributed by atoms with Crippen molar-refractivity contribution in [2.45, 2.75) is 39.2 Å². The summed E-state index contributed by atoms with van der Waals surface area (Å²) in [6, 6.07) is 6.44. The third kappa shape index (κ3) is 3.83. The van der Waals surface area contributed by atoms with Gasteiger partial charge in [0.25, 0.3) is 0 Å². The zero-order chi connectivity index (χ0) is 12.3. The van der Waals surface area contributed by atoms with Gasteiger partial charge in [0.05, 0.1) is 12.6 Å². The predicted octanol–water partition coefficient (Wildman–Crippen LogP) is 3.12. The number of benzene rings is 1. The van der Waals surface area contributed by atoms with Crippen LogP contribution >= 0.6 is 0 Å². The molecule has 0 bridgehead atoms. The summed E-state index contributed by atoms with van der Waals surface area (Å²) in [4.78, 5) is 0. The summed E-state index contributed by atoms with van der Waals surface area (Å²) >= 11 is 0. The molecule has 0 heterocycles. The molecule has 17 heavy (non-hydrogen) atoms. The number of ether oxygens (including phenoxy) is 1. The first-order valence-corrected chi connectivity index (χ1v) is 6.57. The van der Waals surface area contributed by atoms with E-state index < -0.39 is 0 Å². The van der Waals surface area contributed by atoms with Crippen molar-refractivity contribution in [3.8, 4) is 0 Å². The highest BCUT2D eigenvalue weighted by Crippen LogP contribution is 2.32. The van der Waals surface area contributed by atoms with Crippen LogP contribution < -0.4 is 5.73 Å². The number of aryl methyl sites for hydroxylation is 2. The van der Waals surface area contributed by atoms with Crippen LogP contribution in [0.3, 0.4) is 0 Å². The Balaban J connectivity index is 1.80. The molecule has 1 aliphatic rings. The molecule has 2 heteroatoms. The van der Waals surface area contributed by atoms with Crippen molar-refractivity contribution < 1.29 is 4.74 Å². The minimum atomic E-state index is 0.00843. The zero-order valence-corrected chi connectivity index (χ0v) is 10.9. The molecule has 0 spiro atoms. The SMILES string of the molecule is Cc1ccc(C)c(C(N)COCCC2CC2)c1. The molecule has 1 unspecified atom stereocenters. The molecular formula is C15H23NO. The van der Waals surface area contributed by atoms with Gasteiger partial charge in [0.15, 0.2) is 0 Å². The Kier molecular flexibility index (Phi) is 4.19. The van der Waals surface area contributed by atoms with E-state index >= 15 is 0 Å². The van der Waals surface area contributed by atoms with Gasteiger partial charge in [0.2, 0.25) is 0 Å². The first-order valence-electron chi connectivity index (χ1n) is 6.57. The van der Waals surface area contributed by atoms with Gasteiger partial charge in [-0.25, -0.2) is 0 Å². The van der Waals surface area contributed by atoms with Crippen molar-refractivity contribution >= 4 is 0 Å². The fourth-order valence-electron chi connectivity index (χ4n) is 2.12. The molecule has 1 fully saturated rings. The van der Waals surface area contributed by atoms with E-state index in [1.165, 1.54) is 36.0 Å². The van der Waals surface area contributed by atoms with Gasteiger partial charge in [0, 0.05) is 6.61 Å². The van der Waals surface area contributed by atoms with E-state index in [0.29, 0.717) is 6.61 Å². The number of hydrogen-bond acceptors (Lipinski definition) is 2.